The molecule has 1 saturated heterocycles. The second kappa shape index (κ2) is 6.07. The van der Waals surface area contributed by atoms with Gasteiger partial charge >= 0.3 is 0 Å². The zero-order chi connectivity index (χ0) is 15.8. The summed E-state index contributed by atoms with van der Waals surface area (Å²) in [6.45, 7) is 1.81. The number of rotatable bonds is 4. The molecule has 7 nitrogen and oxygen atoms in total. The number of halogens is 1. The van der Waals surface area contributed by atoms with Crippen LogP contribution in [-0.4, -0.2) is 61.0 Å². The van der Waals surface area contributed by atoms with Crippen LogP contribution in [0, 0.1) is 6.92 Å². The number of aromatic nitrogens is 2. The van der Waals surface area contributed by atoms with E-state index in [0.717, 1.165) is 10.6 Å². The molecule has 1 atom stereocenters. The summed E-state index contributed by atoms with van der Waals surface area (Å²) in [6, 6.07) is 0. The first-order valence-electron chi connectivity index (χ1n) is 6.08. The zero-order valence-corrected chi connectivity index (χ0v) is 14.7. The molecule has 0 aliphatic carbocycles. The highest BCUT2D eigenvalue weighted by Gasteiger charge is 2.41. The summed E-state index contributed by atoms with van der Waals surface area (Å²) < 4.78 is 50.2. The van der Waals surface area contributed by atoms with Crippen LogP contribution in [0.25, 0.3) is 0 Å². The van der Waals surface area contributed by atoms with E-state index in [1.54, 1.807) is 6.92 Å². The molecule has 1 aromatic rings. The summed E-state index contributed by atoms with van der Waals surface area (Å²) in [5.41, 5.74) is 0.938. The standard InChI is InChI=1S/C10H16ClN3O4S3/c1-7-8(5-11)10(13-12-7)21(17,18)14-3-4-19-6-9(14)20(2,15)16/h9H,3-6H2,1-2H3,(H,12,13). The maximum Gasteiger partial charge on any atom is 0.263 e. The van der Waals surface area contributed by atoms with Crippen LogP contribution in [0.15, 0.2) is 5.03 Å². The van der Waals surface area contributed by atoms with Gasteiger partial charge in [0.15, 0.2) is 14.9 Å². The Bertz CT molecular complexity index is 729. The number of hydrogen-bond donors (Lipinski definition) is 1. The van der Waals surface area contributed by atoms with E-state index < -0.39 is 25.2 Å². The lowest BCUT2D eigenvalue weighted by Crippen LogP contribution is -2.50. The molecule has 2 heterocycles. The number of H-pyrrole nitrogens is 1. The van der Waals surface area contributed by atoms with Gasteiger partial charge in [-0.2, -0.15) is 21.2 Å². The largest absolute Gasteiger partial charge is 0.281 e. The fourth-order valence-electron chi connectivity index (χ4n) is 2.09. The lowest BCUT2D eigenvalue weighted by Gasteiger charge is -2.32. The van der Waals surface area contributed by atoms with Crippen molar-refractivity contribution >= 4 is 43.2 Å². The Morgan fingerprint density at radius 3 is 2.67 bits per heavy atom. The van der Waals surface area contributed by atoms with Crippen molar-refractivity contribution in [3.63, 3.8) is 0 Å². The number of nitrogens with zero attached hydrogens (tertiary/aromatic N) is 2. The Hall–Kier alpha value is -0.290. The van der Waals surface area contributed by atoms with Crippen molar-refractivity contribution in [2.45, 2.75) is 23.2 Å². The third kappa shape index (κ3) is 3.24. The highest BCUT2D eigenvalue weighted by Crippen LogP contribution is 2.29. The van der Waals surface area contributed by atoms with E-state index in [9.17, 15) is 16.8 Å². The number of sulfone groups is 1. The van der Waals surface area contributed by atoms with E-state index in [4.69, 9.17) is 11.6 Å². The first kappa shape index (κ1) is 17.1. The molecule has 1 aromatic heterocycles. The monoisotopic (exact) mass is 373 g/mol. The fourth-order valence-corrected chi connectivity index (χ4v) is 7.83. The van der Waals surface area contributed by atoms with Gasteiger partial charge in [0, 0.05) is 35.6 Å². The summed E-state index contributed by atoms with van der Waals surface area (Å²) in [5.74, 6) is 0.756. The van der Waals surface area contributed by atoms with Gasteiger partial charge in [-0.25, -0.2) is 16.8 Å². The second-order valence-corrected chi connectivity index (χ2v) is 10.2. The summed E-state index contributed by atoms with van der Waals surface area (Å²) in [6.07, 6.45) is 1.05. The number of aryl methyl sites for hydroxylation is 1. The van der Waals surface area contributed by atoms with Crippen LogP contribution in [0.4, 0.5) is 0 Å². The lowest BCUT2D eigenvalue weighted by atomic mass is 10.3. The van der Waals surface area contributed by atoms with Gasteiger partial charge in [-0.05, 0) is 6.92 Å². The Labute approximate surface area is 133 Å². The highest BCUT2D eigenvalue weighted by atomic mass is 35.5. The van der Waals surface area contributed by atoms with Crippen molar-refractivity contribution in [1.82, 2.24) is 14.5 Å². The predicted octanol–water partition coefficient (Wildman–Crippen LogP) is 0.565. The molecule has 0 radical (unpaired) electrons. The van der Waals surface area contributed by atoms with Gasteiger partial charge in [0.2, 0.25) is 0 Å². The third-order valence-corrected chi connectivity index (χ3v) is 8.18. The van der Waals surface area contributed by atoms with E-state index in [1.165, 1.54) is 11.8 Å². The number of sulfonamides is 1. The van der Waals surface area contributed by atoms with Crippen molar-refractivity contribution < 1.29 is 16.8 Å². The van der Waals surface area contributed by atoms with Gasteiger partial charge in [-0.15, -0.1) is 11.6 Å². The van der Waals surface area contributed by atoms with E-state index >= 15 is 0 Å². The number of nitrogens with one attached hydrogen (secondary N) is 1. The van der Waals surface area contributed by atoms with E-state index in [-0.39, 0.29) is 23.2 Å². The Balaban J connectivity index is 2.51. The molecule has 2 rings (SSSR count). The number of hydrogen-bond acceptors (Lipinski definition) is 6. The molecule has 21 heavy (non-hydrogen) atoms. The average Bonchev–Trinajstić information content (AvgIpc) is 2.79. The molecule has 0 bridgehead atoms. The average molecular weight is 374 g/mol. The minimum absolute atomic E-state index is 0.0109. The topological polar surface area (TPSA) is 100 Å². The fraction of sp³-hybridized carbons (Fsp3) is 0.700. The smallest absolute Gasteiger partial charge is 0.263 e. The maximum atomic E-state index is 12.7. The van der Waals surface area contributed by atoms with Crippen LogP contribution >= 0.6 is 23.4 Å². The van der Waals surface area contributed by atoms with Gasteiger partial charge in [0.1, 0.15) is 5.37 Å². The molecule has 0 spiro atoms. The lowest BCUT2D eigenvalue weighted by molar-refractivity contribution is 0.402. The highest BCUT2D eigenvalue weighted by molar-refractivity contribution is 8.01. The van der Waals surface area contributed by atoms with Crippen LogP contribution in [0.5, 0.6) is 0 Å². The molecule has 11 heteroatoms. The maximum absolute atomic E-state index is 12.7. The minimum atomic E-state index is -4.00. The number of aromatic amines is 1. The molecular weight excluding hydrogens is 358 g/mol. The van der Waals surface area contributed by atoms with Crippen LogP contribution in [0.3, 0.4) is 0 Å². The predicted molar refractivity (Wildman–Crippen MR) is 82.7 cm³/mol. The van der Waals surface area contributed by atoms with Crippen molar-refractivity contribution in [2.24, 2.45) is 0 Å². The van der Waals surface area contributed by atoms with Crippen LogP contribution in [0.2, 0.25) is 0 Å². The molecule has 0 amide bonds. The van der Waals surface area contributed by atoms with Crippen molar-refractivity contribution in [1.29, 1.82) is 0 Å². The van der Waals surface area contributed by atoms with Gasteiger partial charge in [0.25, 0.3) is 10.0 Å². The Morgan fingerprint density at radius 2 is 2.10 bits per heavy atom. The minimum Gasteiger partial charge on any atom is -0.281 e. The summed E-state index contributed by atoms with van der Waals surface area (Å²) in [5, 5.41) is 5.15. The molecule has 1 unspecified atom stereocenters. The SMILES string of the molecule is Cc1[nH]nc(S(=O)(=O)N2CCSCC2S(C)(=O)=O)c1CCl. The normalized spacial score (nSPS) is 21.6. The van der Waals surface area contributed by atoms with Crippen LogP contribution in [-0.2, 0) is 25.7 Å². The first-order valence-corrected chi connectivity index (χ1v) is 11.2. The number of thioether (sulfide) groups is 1. The quantitative estimate of drug-likeness (QED) is 0.774. The van der Waals surface area contributed by atoms with Crippen LogP contribution < -0.4 is 0 Å². The Kier molecular flexibility index (Phi) is 4.94. The van der Waals surface area contributed by atoms with Gasteiger partial charge < -0.3 is 0 Å². The molecule has 0 aromatic carbocycles. The van der Waals surface area contributed by atoms with Gasteiger partial charge in [-0.3, -0.25) is 5.10 Å². The van der Waals surface area contributed by atoms with E-state index in [0.29, 0.717) is 17.0 Å². The molecule has 120 valence electrons. The van der Waals surface area contributed by atoms with E-state index in [1.807, 2.05) is 0 Å². The molecule has 1 N–H and O–H groups in total. The second-order valence-electron chi connectivity index (χ2n) is 4.74. The van der Waals surface area contributed by atoms with Crippen LogP contribution in [0.1, 0.15) is 11.3 Å². The van der Waals surface area contributed by atoms with Gasteiger partial charge in [0.05, 0.1) is 5.88 Å². The molecule has 0 saturated carbocycles. The summed E-state index contributed by atoms with van der Waals surface area (Å²) in [7, 11) is -7.53. The molecule has 1 aliphatic rings. The number of alkyl halides is 1. The molecule has 1 fully saturated rings. The summed E-state index contributed by atoms with van der Waals surface area (Å²) >= 11 is 7.21. The van der Waals surface area contributed by atoms with Crippen molar-refractivity contribution in [2.75, 3.05) is 24.3 Å². The molecular formula is C10H16ClN3O4S3. The van der Waals surface area contributed by atoms with Crippen molar-refractivity contribution in [3.8, 4) is 0 Å². The van der Waals surface area contributed by atoms with E-state index in [2.05, 4.69) is 10.2 Å². The zero-order valence-electron chi connectivity index (χ0n) is 11.5. The van der Waals surface area contributed by atoms with Crippen molar-refractivity contribution in [3.05, 3.63) is 11.3 Å². The Morgan fingerprint density at radius 1 is 1.43 bits per heavy atom. The first-order chi connectivity index (χ1) is 9.69. The summed E-state index contributed by atoms with van der Waals surface area (Å²) in [4.78, 5) is 0. The molecule has 1 aliphatic heterocycles. The third-order valence-electron chi connectivity index (χ3n) is 3.25. The van der Waals surface area contributed by atoms with Gasteiger partial charge in [-0.1, -0.05) is 0 Å².